The van der Waals surface area contributed by atoms with Crippen LogP contribution in [0.1, 0.15) is 132 Å². The highest BCUT2D eigenvalue weighted by Gasteiger charge is 2.74. The number of ketones is 1. The zero-order valence-electron chi connectivity index (χ0n) is 55.0. The molecular formula is C72H86N4O20. The van der Waals surface area contributed by atoms with Crippen LogP contribution in [0, 0.1) is 0 Å². The summed E-state index contributed by atoms with van der Waals surface area (Å²) in [5, 5.41) is 52.4. The number of nitrogens with zero attached hydrogens (tertiary/aromatic N) is 4. The van der Waals surface area contributed by atoms with Gasteiger partial charge in [0.15, 0.2) is 18.0 Å². The van der Waals surface area contributed by atoms with Gasteiger partial charge in [0.1, 0.15) is 17.3 Å². The van der Waals surface area contributed by atoms with Gasteiger partial charge in [-0.25, -0.2) is 19.2 Å². The number of benzene rings is 2. The van der Waals surface area contributed by atoms with Crippen LogP contribution in [0.4, 0.5) is 0 Å². The zero-order chi connectivity index (χ0) is 69.5. The van der Waals surface area contributed by atoms with Crippen LogP contribution in [0.2, 0.25) is 0 Å². The number of imide groups is 2. The van der Waals surface area contributed by atoms with Crippen molar-refractivity contribution in [2.45, 2.75) is 171 Å². The Morgan fingerprint density at radius 3 is 1.39 bits per heavy atom. The van der Waals surface area contributed by atoms with Gasteiger partial charge in [0.25, 0.3) is 23.6 Å². The van der Waals surface area contributed by atoms with E-state index >= 15 is 0 Å². The predicted octanol–water partition coefficient (Wildman–Crippen LogP) is 6.12. The Hall–Kier alpha value is -8.75. The van der Waals surface area contributed by atoms with Gasteiger partial charge >= 0.3 is 23.9 Å². The summed E-state index contributed by atoms with van der Waals surface area (Å²) in [4.78, 5) is 115. The molecule has 0 radical (unpaired) electrons. The first-order valence-electron chi connectivity index (χ1n) is 32.3. The molecular weight excluding hydrogens is 1240 g/mol. The number of likely N-dealkylation sites (tertiary alicyclic amines) is 2. The second-order valence-corrected chi connectivity index (χ2v) is 24.6. The molecule has 6 fully saturated rings. The normalized spacial score (nSPS) is 27.9. The quantitative estimate of drug-likeness (QED) is 0.0653. The lowest BCUT2D eigenvalue weighted by atomic mass is 9.49. The number of rotatable bonds is 13. The number of carbonyl (C=O) groups is 9. The van der Waals surface area contributed by atoms with Crippen molar-refractivity contribution in [3.63, 3.8) is 0 Å². The fourth-order valence-electron chi connectivity index (χ4n) is 14.6. The number of esters is 1. The smallest absolute Gasteiger partial charge is 0.356 e. The first kappa shape index (κ1) is 73.1. The van der Waals surface area contributed by atoms with Crippen molar-refractivity contribution in [3.05, 3.63) is 167 Å². The number of aliphatic hydroxyl groups excluding tert-OH is 2. The SMILES string of the molecule is C/C=C/C=C/C(=O)O.C/C=C/C=C/C(=O)OC1=CC[C@@]2(O)[C@H]3Cc4ccc(CO)c5c4[C@@]2(CCN3C)[C@H]1O5.C/C=C/C=C/C(=O)ON1C(=O)CCC1=O.C/C=C/C=C/C(=O)ON1C(=O)CCC1=O.C1CCOC1.CN1CC[C@]23c4c5ccc(CO)c4O[C@H]2C(=O)CC[C@@]3(O)[C@H]1C5. The Balaban J connectivity index is 0.000000159. The number of hydrogen-bond acceptors (Lipinski definition) is 21. The van der Waals surface area contributed by atoms with E-state index in [1.54, 1.807) is 62.5 Å². The average molecular weight is 1330 g/mol. The molecule has 4 bridgehead atoms. The standard InChI is InChI=1S/C24H27NO5.C18H21NO4.2C10H11NO4.C6H8O2.C4H8O/c1-3-4-5-6-19(27)29-17-9-10-24(28)18-13-15-7-8-16(14-26)21-20(15)23(24,22(17)30-21)11-12-25(18)2;1-19-7-6-17-14-10-2-3-11(9-20)15(14)23-16(17)12(21)4-5-18(17,22)13(19)8-10;2*1-2-3-4-5-10(14)15-11-8(12)6-7-9(11)13;1-2-3-4-5-6(7)8;1-2-4-5-3-1/h3-9,18,22,26,28H,10-14H2,1-2H3;2-3,13,16,20,22H,4-9H2,1H3;2*2-5H,6-7H2,1H3;2-5H,1H3,(H,7,8);1-4H2/b4-3+,6-5+;;3*3-2+,5-4+;/t18-,22+,23+,24-;13-,16+,17+,18-;;;;/m11..../s1. The number of amides is 4. The molecule has 96 heavy (non-hydrogen) atoms. The van der Waals surface area contributed by atoms with Gasteiger partial charge in [-0.05, 0) is 117 Å². The summed E-state index contributed by atoms with van der Waals surface area (Å²) < 4.78 is 23.2. The van der Waals surface area contributed by atoms with Crippen LogP contribution in [0.25, 0.3) is 0 Å². The van der Waals surface area contributed by atoms with Gasteiger partial charge in [-0.15, -0.1) is 10.1 Å². The minimum atomic E-state index is -1.02. The highest BCUT2D eigenvalue weighted by molar-refractivity contribution is 6.03. The highest BCUT2D eigenvalue weighted by Crippen LogP contribution is 2.66. The minimum absolute atomic E-state index is 0.0221. The summed E-state index contributed by atoms with van der Waals surface area (Å²) in [5.41, 5.74) is 2.48. The molecule has 2 aromatic carbocycles. The molecule has 11 aliphatic rings. The first-order valence-corrected chi connectivity index (χ1v) is 32.3. The molecule has 24 nitrogen and oxygen atoms in total. The predicted molar refractivity (Wildman–Crippen MR) is 347 cm³/mol. The van der Waals surface area contributed by atoms with Gasteiger partial charge in [-0.3, -0.25) is 24.0 Å². The number of aliphatic hydroxyl groups is 4. The van der Waals surface area contributed by atoms with Crippen molar-refractivity contribution in [1.29, 1.82) is 0 Å². The van der Waals surface area contributed by atoms with Crippen molar-refractivity contribution in [2.75, 3.05) is 40.4 Å². The number of piperidine rings is 2. The average Bonchev–Trinajstić information content (AvgIpc) is 1.43. The Kier molecular flexibility index (Phi) is 24.6. The maximum absolute atomic E-state index is 12.6. The zero-order valence-corrected chi connectivity index (χ0v) is 55.0. The van der Waals surface area contributed by atoms with Gasteiger partial charge in [-0.2, -0.15) is 0 Å². The molecule has 2 aromatic rings. The van der Waals surface area contributed by atoms with E-state index < -0.39 is 81.7 Å². The van der Waals surface area contributed by atoms with E-state index in [1.807, 2.05) is 50.3 Å². The lowest BCUT2D eigenvalue weighted by Crippen LogP contribution is -2.76. The van der Waals surface area contributed by atoms with Gasteiger partial charge < -0.3 is 64.0 Å². The van der Waals surface area contributed by atoms with E-state index in [0.717, 1.165) is 91.6 Å². The summed E-state index contributed by atoms with van der Waals surface area (Å²) in [6, 6.07) is 7.87. The summed E-state index contributed by atoms with van der Waals surface area (Å²) in [5.74, 6) is -2.93. The molecule has 7 aliphatic heterocycles. The fourth-order valence-corrected chi connectivity index (χ4v) is 14.6. The summed E-state index contributed by atoms with van der Waals surface area (Å²) in [6.45, 7) is 10.7. The van der Waals surface area contributed by atoms with E-state index in [2.05, 4.69) is 33.6 Å². The molecule has 4 amide bonds. The van der Waals surface area contributed by atoms with Crippen LogP contribution < -0.4 is 9.47 Å². The van der Waals surface area contributed by atoms with Crippen LogP contribution in [0.5, 0.6) is 11.5 Å². The molecule has 8 atom stereocenters. The van der Waals surface area contributed by atoms with E-state index in [-0.39, 0.29) is 56.8 Å². The summed E-state index contributed by atoms with van der Waals surface area (Å²) in [7, 11) is 4.12. The number of allylic oxidation sites excluding steroid dienone is 12. The summed E-state index contributed by atoms with van der Waals surface area (Å²) >= 11 is 0. The topological polar surface area (TPSA) is 323 Å². The number of Topliss-reactive ketones (excluding diaryl/α,β-unsaturated/α-hetero) is 1. The molecule has 1 saturated carbocycles. The second kappa shape index (κ2) is 32.3. The van der Waals surface area contributed by atoms with E-state index in [9.17, 15) is 63.6 Å². The van der Waals surface area contributed by atoms with Crippen molar-refractivity contribution >= 4 is 53.3 Å². The van der Waals surface area contributed by atoms with E-state index in [4.69, 9.17) is 24.1 Å². The molecule has 13 rings (SSSR count). The third-order valence-corrected chi connectivity index (χ3v) is 19.0. The Morgan fingerprint density at radius 2 is 0.969 bits per heavy atom. The molecule has 514 valence electrons. The van der Waals surface area contributed by atoms with Crippen LogP contribution in [0.3, 0.4) is 0 Å². The molecule has 7 heterocycles. The highest BCUT2D eigenvalue weighted by atomic mass is 16.7. The fraction of sp³-hybridized carbons (Fsp3) is 0.458. The van der Waals surface area contributed by atoms with Crippen molar-refractivity contribution < 1.29 is 97.3 Å². The van der Waals surface area contributed by atoms with Gasteiger partial charge in [0, 0.05) is 110 Å². The Labute approximate surface area is 557 Å². The Morgan fingerprint density at radius 1 is 0.552 bits per heavy atom. The van der Waals surface area contributed by atoms with Gasteiger partial charge in [0.05, 0.1) is 35.2 Å². The lowest BCUT2D eigenvalue weighted by molar-refractivity contribution is -0.193. The lowest BCUT2D eigenvalue weighted by Gasteiger charge is -2.62. The monoisotopic (exact) mass is 1330 g/mol. The first-order chi connectivity index (χ1) is 46.0. The molecule has 4 aliphatic carbocycles. The largest absolute Gasteiger partial charge is 0.481 e. The molecule has 0 aromatic heterocycles. The van der Waals surface area contributed by atoms with Crippen LogP contribution in [-0.4, -0.2) is 175 Å². The number of hydrogen-bond donors (Lipinski definition) is 5. The number of carbonyl (C=O) groups excluding carboxylic acids is 8. The molecule has 2 spiro atoms. The molecule has 24 heteroatoms. The molecule has 5 N–H and O–H groups in total. The Bertz CT molecular complexity index is 3490. The minimum Gasteiger partial charge on any atom is -0.481 e. The van der Waals surface area contributed by atoms with Crippen LogP contribution in [-0.2, 0) is 99.2 Å². The maximum atomic E-state index is 12.6. The number of carboxylic acid groups (broad SMARTS) is 1. The van der Waals surface area contributed by atoms with Crippen molar-refractivity contribution in [1.82, 2.24) is 19.9 Å². The number of aliphatic carboxylic acids is 1. The van der Waals surface area contributed by atoms with Gasteiger partial charge in [-0.1, -0.05) is 97.2 Å². The molecule has 0 unspecified atom stereocenters. The second-order valence-electron chi connectivity index (χ2n) is 24.6. The van der Waals surface area contributed by atoms with Gasteiger partial charge in [0.2, 0.25) is 0 Å². The van der Waals surface area contributed by atoms with Crippen LogP contribution >= 0.6 is 0 Å². The number of hydroxylamine groups is 4. The third-order valence-electron chi connectivity index (χ3n) is 19.0. The number of ether oxygens (including phenoxy) is 4. The molecule has 5 saturated heterocycles. The number of likely N-dealkylation sites (N-methyl/N-ethyl adjacent to an activating group) is 2. The van der Waals surface area contributed by atoms with E-state index in [0.29, 0.717) is 58.6 Å². The third kappa shape index (κ3) is 14.8. The van der Waals surface area contributed by atoms with E-state index in [1.165, 1.54) is 37.1 Å². The van der Waals surface area contributed by atoms with Crippen molar-refractivity contribution in [3.8, 4) is 11.5 Å². The van der Waals surface area contributed by atoms with Crippen LogP contribution in [0.15, 0.2) is 133 Å². The number of carboxylic acids is 1. The summed E-state index contributed by atoms with van der Waals surface area (Å²) in [6.07, 6.45) is 32.3. The van der Waals surface area contributed by atoms with Crippen molar-refractivity contribution in [2.24, 2.45) is 0 Å². The maximum Gasteiger partial charge on any atom is 0.356 e.